The van der Waals surface area contributed by atoms with E-state index in [1.54, 1.807) is 0 Å². The minimum absolute atomic E-state index is 0.110. The Balaban J connectivity index is 1.68. The first-order valence-electron chi connectivity index (χ1n) is 12.3. The molecule has 17 heteroatoms. The van der Waals surface area contributed by atoms with Crippen molar-refractivity contribution in [2.24, 2.45) is 5.73 Å². The molecule has 17 nitrogen and oxygen atoms in total. The van der Waals surface area contributed by atoms with Gasteiger partial charge in [-0.15, -0.1) is 0 Å². The third-order valence-electron chi connectivity index (χ3n) is 6.70. The molecule has 3 aliphatic heterocycles. The lowest BCUT2D eigenvalue weighted by Crippen LogP contribution is -2.66. The first kappa shape index (κ1) is 31.8. The average Bonchev–Trinajstić information content (AvgIpc) is 2.91. The van der Waals surface area contributed by atoms with Gasteiger partial charge in [-0.3, -0.25) is 0 Å². The summed E-state index contributed by atoms with van der Waals surface area (Å²) in [6.45, 7) is -1.81. The normalized spacial score (nSPS) is 48.2. The Kier molecular flexibility index (Phi) is 12.0. The lowest BCUT2D eigenvalue weighted by Gasteiger charge is -2.48. The summed E-state index contributed by atoms with van der Waals surface area (Å²) in [5, 5.41) is 101. The molecule has 0 radical (unpaired) electrons. The highest BCUT2D eigenvalue weighted by Gasteiger charge is 2.53. The van der Waals surface area contributed by atoms with Crippen LogP contribution in [0.4, 0.5) is 0 Å². The second-order valence-corrected chi connectivity index (χ2v) is 9.33. The fourth-order valence-electron chi connectivity index (χ4n) is 4.46. The van der Waals surface area contributed by atoms with E-state index in [0.29, 0.717) is 13.0 Å². The van der Waals surface area contributed by atoms with Crippen molar-refractivity contribution in [3.8, 4) is 0 Å². The zero-order chi connectivity index (χ0) is 28.1. The summed E-state index contributed by atoms with van der Waals surface area (Å²) in [5.41, 5.74) is 5.40. The molecular weight excluding hydrogens is 522 g/mol. The van der Waals surface area contributed by atoms with Crippen molar-refractivity contribution in [3.05, 3.63) is 0 Å². The van der Waals surface area contributed by atoms with Gasteiger partial charge in [0, 0.05) is 0 Å². The van der Waals surface area contributed by atoms with E-state index in [4.69, 9.17) is 34.2 Å². The molecule has 0 aromatic rings. The number of hydrogen-bond acceptors (Lipinski definition) is 17. The molecule has 3 aliphatic rings. The first-order valence-corrected chi connectivity index (χ1v) is 12.3. The Morgan fingerprint density at radius 2 is 0.947 bits per heavy atom. The summed E-state index contributed by atoms with van der Waals surface area (Å²) in [5.74, 6) is 0. The Labute approximate surface area is 217 Å². The summed E-state index contributed by atoms with van der Waals surface area (Å²) >= 11 is 0. The maximum atomic E-state index is 10.7. The first-order chi connectivity index (χ1) is 18.1. The monoisotopic (exact) mass is 561 g/mol. The van der Waals surface area contributed by atoms with Crippen LogP contribution >= 0.6 is 0 Å². The molecule has 38 heavy (non-hydrogen) atoms. The predicted molar refractivity (Wildman–Crippen MR) is 119 cm³/mol. The largest absolute Gasteiger partial charge is 0.394 e. The van der Waals surface area contributed by atoms with E-state index in [2.05, 4.69) is 0 Å². The molecule has 3 heterocycles. The molecular formula is C21H39NO16. The van der Waals surface area contributed by atoms with Crippen LogP contribution in [0.1, 0.15) is 6.42 Å². The Morgan fingerprint density at radius 3 is 1.42 bits per heavy atom. The van der Waals surface area contributed by atoms with Crippen molar-refractivity contribution in [2.75, 3.05) is 33.0 Å². The molecule has 0 aromatic carbocycles. The maximum absolute atomic E-state index is 10.7. The molecule has 0 aromatic heterocycles. The number of ether oxygens (including phenoxy) is 6. The molecule has 0 amide bonds. The highest BCUT2D eigenvalue weighted by Crippen LogP contribution is 2.32. The molecule has 0 unspecified atom stereocenters. The Hall–Kier alpha value is -0.680. The average molecular weight is 562 g/mol. The third-order valence-corrected chi connectivity index (χ3v) is 6.70. The number of nitrogens with two attached hydrogens (primary N) is 1. The van der Waals surface area contributed by atoms with E-state index in [-0.39, 0.29) is 6.61 Å². The van der Waals surface area contributed by atoms with Gasteiger partial charge in [0.1, 0.15) is 73.2 Å². The van der Waals surface area contributed by atoms with Gasteiger partial charge in [0.05, 0.1) is 26.4 Å². The molecule has 0 saturated carbocycles. The second-order valence-electron chi connectivity index (χ2n) is 9.33. The molecule has 12 N–H and O–H groups in total. The molecule has 3 fully saturated rings. The summed E-state index contributed by atoms with van der Waals surface area (Å²) < 4.78 is 32.6. The van der Waals surface area contributed by atoms with Crippen LogP contribution in [0.3, 0.4) is 0 Å². The van der Waals surface area contributed by atoms with Crippen LogP contribution in [0.2, 0.25) is 0 Å². The van der Waals surface area contributed by atoms with E-state index < -0.39 is 112 Å². The van der Waals surface area contributed by atoms with Gasteiger partial charge >= 0.3 is 0 Å². The lowest BCUT2D eigenvalue weighted by atomic mass is 9.96. The molecule has 0 aliphatic carbocycles. The van der Waals surface area contributed by atoms with Crippen LogP contribution in [-0.4, -0.2) is 176 Å². The van der Waals surface area contributed by atoms with Crippen molar-refractivity contribution < 1.29 is 79.5 Å². The van der Waals surface area contributed by atoms with E-state index >= 15 is 0 Å². The van der Waals surface area contributed by atoms with Gasteiger partial charge in [-0.25, -0.2) is 0 Å². The minimum Gasteiger partial charge on any atom is -0.394 e. The van der Waals surface area contributed by atoms with Crippen LogP contribution in [-0.2, 0) is 28.4 Å². The van der Waals surface area contributed by atoms with E-state index in [1.807, 2.05) is 0 Å². The lowest BCUT2D eigenvalue weighted by molar-refractivity contribution is -0.379. The summed E-state index contributed by atoms with van der Waals surface area (Å²) in [6.07, 6.45) is -23.6. The highest BCUT2D eigenvalue weighted by atomic mass is 16.8. The summed E-state index contributed by atoms with van der Waals surface area (Å²) in [7, 11) is 0. The number of rotatable bonds is 11. The molecule has 3 saturated heterocycles. The van der Waals surface area contributed by atoms with E-state index in [9.17, 15) is 51.1 Å². The molecule has 0 bridgehead atoms. The van der Waals surface area contributed by atoms with Gasteiger partial charge in [0.25, 0.3) is 0 Å². The van der Waals surface area contributed by atoms with Crippen molar-refractivity contribution >= 4 is 0 Å². The van der Waals surface area contributed by atoms with Gasteiger partial charge in [-0.05, 0) is 13.0 Å². The number of hydrogen-bond donors (Lipinski definition) is 11. The van der Waals surface area contributed by atoms with Crippen LogP contribution in [0.25, 0.3) is 0 Å². The van der Waals surface area contributed by atoms with E-state index in [0.717, 1.165) is 0 Å². The van der Waals surface area contributed by atoms with Gasteiger partial charge in [-0.1, -0.05) is 0 Å². The fraction of sp³-hybridized carbons (Fsp3) is 1.00. The van der Waals surface area contributed by atoms with Crippen molar-refractivity contribution in [3.63, 3.8) is 0 Å². The summed E-state index contributed by atoms with van der Waals surface area (Å²) in [4.78, 5) is 0. The number of aliphatic hydroxyl groups excluding tert-OH is 10. The number of aliphatic hydroxyl groups is 10. The topological polar surface area (TPSA) is 284 Å². The zero-order valence-corrected chi connectivity index (χ0v) is 20.4. The Morgan fingerprint density at radius 1 is 0.526 bits per heavy atom. The predicted octanol–water partition coefficient (Wildman–Crippen LogP) is -7.20. The maximum Gasteiger partial charge on any atom is 0.187 e. The molecule has 224 valence electrons. The molecule has 15 atom stereocenters. The van der Waals surface area contributed by atoms with Gasteiger partial charge in [0.15, 0.2) is 18.9 Å². The standard InChI is InChI=1S/C21H39NO16/c22-2-1-3-33-19-15(31)12(28)17(8(5-24)35-19)38-21-16(32)13(29)18(9(6-25)36-21)37-20-14(30)11(27)10(26)7(4-23)34-20/h7-21,23-32H,1-6,22H2/t7-,8-,9-,10-,11+,12-,13-,14-,15-,16-,17-,18-,19-,20-,21-/m1/s1. The van der Waals surface area contributed by atoms with E-state index in [1.165, 1.54) is 0 Å². The molecule has 0 spiro atoms. The van der Waals surface area contributed by atoms with Crippen LogP contribution in [0.5, 0.6) is 0 Å². The highest BCUT2D eigenvalue weighted by molar-refractivity contribution is 4.96. The fourth-order valence-corrected chi connectivity index (χ4v) is 4.46. The van der Waals surface area contributed by atoms with Gasteiger partial charge < -0.3 is 85.2 Å². The Bertz CT molecular complexity index is 702. The van der Waals surface area contributed by atoms with Gasteiger partial charge in [0.2, 0.25) is 0 Å². The zero-order valence-electron chi connectivity index (χ0n) is 20.4. The van der Waals surface area contributed by atoms with Gasteiger partial charge in [-0.2, -0.15) is 0 Å². The van der Waals surface area contributed by atoms with Crippen molar-refractivity contribution in [1.82, 2.24) is 0 Å². The SMILES string of the molecule is NCCCO[C@@H]1O[C@H](CO)[C@@H](O[C@H]2O[C@H](CO)[C@@H](O[C@H]3O[C@H](CO)[C@@H](O)[C@H](O)[C@H]3O)[C@H](O)[C@H]2O)[C@H](O)[C@H]1O. The minimum atomic E-state index is -1.89. The van der Waals surface area contributed by atoms with Crippen LogP contribution in [0.15, 0.2) is 0 Å². The van der Waals surface area contributed by atoms with Crippen LogP contribution in [0, 0.1) is 0 Å². The summed E-state index contributed by atoms with van der Waals surface area (Å²) in [6, 6.07) is 0. The van der Waals surface area contributed by atoms with Crippen molar-refractivity contribution in [1.29, 1.82) is 0 Å². The third kappa shape index (κ3) is 6.78. The van der Waals surface area contributed by atoms with Crippen molar-refractivity contribution in [2.45, 2.75) is 98.5 Å². The smallest absolute Gasteiger partial charge is 0.187 e. The second kappa shape index (κ2) is 14.3. The molecule has 3 rings (SSSR count). The van der Waals surface area contributed by atoms with Crippen LogP contribution < -0.4 is 5.73 Å². The quantitative estimate of drug-likeness (QED) is 0.104.